The van der Waals surface area contributed by atoms with Crippen molar-refractivity contribution in [2.75, 3.05) is 45.7 Å². The van der Waals surface area contributed by atoms with Crippen LogP contribution in [0.4, 0.5) is 5.69 Å². The van der Waals surface area contributed by atoms with Gasteiger partial charge in [0.05, 0.1) is 12.8 Å². The van der Waals surface area contributed by atoms with E-state index in [1.165, 1.54) is 11.1 Å². The van der Waals surface area contributed by atoms with Gasteiger partial charge in [-0.05, 0) is 38.1 Å². The van der Waals surface area contributed by atoms with Gasteiger partial charge in [0.25, 0.3) is 0 Å². The molecule has 1 aromatic rings. The summed E-state index contributed by atoms with van der Waals surface area (Å²) in [6.07, 6.45) is 0. The topological polar surface area (TPSA) is 36.5 Å². The van der Waals surface area contributed by atoms with Crippen LogP contribution in [0.3, 0.4) is 0 Å². The molecular formula is C15H25N3O. The Labute approximate surface area is 116 Å². The molecule has 0 saturated carbocycles. The van der Waals surface area contributed by atoms with Gasteiger partial charge in [0.1, 0.15) is 5.75 Å². The molecular weight excluding hydrogens is 238 g/mol. The maximum absolute atomic E-state index is 5.47. The molecule has 2 N–H and O–H groups in total. The minimum Gasteiger partial charge on any atom is -0.495 e. The molecule has 0 aromatic heterocycles. The number of ether oxygens (including phenoxy) is 1. The first-order valence-electron chi connectivity index (χ1n) is 6.91. The Bertz CT molecular complexity index is 434. The van der Waals surface area contributed by atoms with Crippen molar-refractivity contribution < 1.29 is 4.74 Å². The minimum absolute atomic E-state index is 0.490. The van der Waals surface area contributed by atoms with E-state index in [1.807, 2.05) is 0 Å². The van der Waals surface area contributed by atoms with Crippen molar-refractivity contribution in [2.45, 2.75) is 19.9 Å². The van der Waals surface area contributed by atoms with Gasteiger partial charge in [-0.25, -0.2) is 0 Å². The highest BCUT2D eigenvalue weighted by Crippen LogP contribution is 2.29. The lowest BCUT2D eigenvalue weighted by molar-refractivity contribution is 0.244. The second-order valence-corrected chi connectivity index (χ2v) is 5.45. The van der Waals surface area contributed by atoms with E-state index in [-0.39, 0.29) is 0 Å². The Kier molecular flexibility index (Phi) is 4.66. The Morgan fingerprint density at radius 1 is 1.42 bits per heavy atom. The number of likely N-dealkylation sites (N-methyl/N-ethyl adjacent to an activating group) is 1. The van der Waals surface area contributed by atoms with Gasteiger partial charge >= 0.3 is 0 Å². The van der Waals surface area contributed by atoms with Crippen LogP contribution in [0.5, 0.6) is 5.75 Å². The van der Waals surface area contributed by atoms with Crippen LogP contribution in [0.2, 0.25) is 0 Å². The normalized spacial score (nSPS) is 20.3. The first-order valence-corrected chi connectivity index (χ1v) is 6.91. The summed E-state index contributed by atoms with van der Waals surface area (Å²) in [4.78, 5) is 2.36. The first-order chi connectivity index (χ1) is 9.10. The maximum atomic E-state index is 5.47. The van der Waals surface area contributed by atoms with Gasteiger partial charge in [-0.3, -0.25) is 0 Å². The number of rotatable bonds is 4. The molecule has 1 aliphatic heterocycles. The minimum atomic E-state index is 0.490. The van der Waals surface area contributed by atoms with Crippen molar-refractivity contribution in [3.05, 3.63) is 23.3 Å². The van der Waals surface area contributed by atoms with E-state index >= 15 is 0 Å². The molecule has 4 heteroatoms. The molecule has 106 valence electrons. The average molecular weight is 263 g/mol. The third-order valence-corrected chi connectivity index (χ3v) is 3.65. The molecule has 1 aromatic carbocycles. The molecule has 0 radical (unpaired) electrons. The first kappa shape index (κ1) is 14.2. The molecule has 0 amide bonds. The Balaban J connectivity index is 2.02. The van der Waals surface area contributed by atoms with Crippen molar-refractivity contribution in [3.8, 4) is 5.75 Å². The molecule has 0 spiro atoms. The van der Waals surface area contributed by atoms with Crippen molar-refractivity contribution in [1.29, 1.82) is 0 Å². The number of aryl methyl sites for hydroxylation is 2. The molecule has 1 heterocycles. The van der Waals surface area contributed by atoms with Crippen LogP contribution in [-0.4, -0.2) is 51.3 Å². The van der Waals surface area contributed by atoms with Crippen molar-refractivity contribution in [3.63, 3.8) is 0 Å². The van der Waals surface area contributed by atoms with E-state index in [0.717, 1.165) is 37.6 Å². The Morgan fingerprint density at radius 3 is 2.89 bits per heavy atom. The lowest BCUT2D eigenvalue weighted by Crippen LogP contribution is -2.51. The summed E-state index contributed by atoms with van der Waals surface area (Å²) in [6, 6.07) is 4.75. The number of piperazine rings is 1. The second kappa shape index (κ2) is 6.26. The van der Waals surface area contributed by atoms with Gasteiger partial charge < -0.3 is 20.3 Å². The fourth-order valence-electron chi connectivity index (χ4n) is 2.67. The number of methoxy groups -OCH3 is 1. The zero-order valence-corrected chi connectivity index (χ0v) is 12.4. The molecule has 1 aliphatic rings. The quantitative estimate of drug-likeness (QED) is 0.865. The second-order valence-electron chi connectivity index (χ2n) is 5.45. The third-order valence-electron chi connectivity index (χ3n) is 3.65. The van der Waals surface area contributed by atoms with Crippen LogP contribution in [0.1, 0.15) is 11.1 Å². The van der Waals surface area contributed by atoms with Crippen LogP contribution in [0, 0.1) is 13.8 Å². The highest BCUT2D eigenvalue weighted by Gasteiger charge is 2.17. The lowest BCUT2D eigenvalue weighted by Gasteiger charge is -2.31. The van der Waals surface area contributed by atoms with Gasteiger partial charge in [0.2, 0.25) is 0 Å². The van der Waals surface area contributed by atoms with Gasteiger partial charge in [0, 0.05) is 32.2 Å². The molecule has 1 fully saturated rings. The summed E-state index contributed by atoms with van der Waals surface area (Å²) in [5, 5.41) is 7.08. The van der Waals surface area contributed by atoms with Crippen LogP contribution in [-0.2, 0) is 0 Å². The molecule has 1 unspecified atom stereocenters. The van der Waals surface area contributed by atoms with Crippen molar-refractivity contribution >= 4 is 5.69 Å². The van der Waals surface area contributed by atoms with Crippen LogP contribution >= 0.6 is 0 Å². The zero-order valence-electron chi connectivity index (χ0n) is 12.4. The number of nitrogens with zero attached hydrogens (tertiary/aromatic N) is 1. The van der Waals surface area contributed by atoms with Crippen LogP contribution in [0.25, 0.3) is 0 Å². The highest BCUT2D eigenvalue weighted by atomic mass is 16.5. The Hall–Kier alpha value is -1.26. The fraction of sp³-hybridized carbons (Fsp3) is 0.600. The van der Waals surface area contributed by atoms with Gasteiger partial charge in [-0.1, -0.05) is 6.07 Å². The molecule has 0 aliphatic carbocycles. The molecule has 4 nitrogen and oxygen atoms in total. The predicted octanol–water partition coefficient (Wildman–Crippen LogP) is 1.63. The van der Waals surface area contributed by atoms with Crippen molar-refractivity contribution in [1.82, 2.24) is 10.2 Å². The predicted molar refractivity (Wildman–Crippen MR) is 80.2 cm³/mol. The van der Waals surface area contributed by atoms with Gasteiger partial charge in [0.15, 0.2) is 0 Å². The van der Waals surface area contributed by atoms with E-state index in [9.17, 15) is 0 Å². The van der Waals surface area contributed by atoms with Crippen molar-refractivity contribution in [2.24, 2.45) is 0 Å². The fourth-order valence-corrected chi connectivity index (χ4v) is 2.67. The summed E-state index contributed by atoms with van der Waals surface area (Å²) in [7, 11) is 3.90. The summed E-state index contributed by atoms with van der Waals surface area (Å²) >= 11 is 0. The van der Waals surface area contributed by atoms with Gasteiger partial charge in [-0.2, -0.15) is 0 Å². The summed E-state index contributed by atoms with van der Waals surface area (Å²) < 4.78 is 5.47. The summed E-state index contributed by atoms with van der Waals surface area (Å²) in [6.45, 7) is 8.41. The molecule has 1 saturated heterocycles. The largest absolute Gasteiger partial charge is 0.495 e. The van der Waals surface area contributed by atoms with E-state index in [2.05, 4.69) is 48.6 Å². The summed E-state index contributed by atoms with van der Waals surface area (Å²) in [5.74, 6) is 0.932. The number of hydrogen-bond acceptors (Lipinski definition) is 4. The average Bonchev–Trinajstić information content (AvgIpc) is 2.37. The van der Waals surface area contributed by atoms with E-state index < -0.39 is 0 Å². The third kappa shape index (κ3) is 3.61. The monoisotopic (exact) mass is 263 g/mol. The number of benzene rings is 1. The van der Waals surface area contributed by atoms with Crippen LogP contribution in [0.15, 0.2) is 12.1 Å². The smallest absolute Gasteiger partial charge is 0.142 e. The molecule has 1 atom stereocenters. The van der Waals surface area contributed by atoms with E-state index in [1.54, 1.807) is 7.11 Å². The number of hydrogen-bond donors (Lipinski definition) is 2. The lowest BCUT2D eigenvalue weighted by atomic mass is 10.1. The number of anilines is 1. The molecule has 0 bridgehead atoms. The maximum Gasteiger partial charge on any atom is 0.142 e. The zero-order chi connectivity index (χ0) is 13.8. The summed E-state index contributed by atoms with van der Waals surface area (Å²) in [5.41, 5.74) is 3.58. The van der Waals surface area contributed by atoms with Gasteiger partial charge in [-0.15, -0.1) is 0 Å². The Morgan fingerprint density at radius 2 is 2.21 bits per heavy atom. The van der Waals surface area contributed by atoms with E-state index in [0.29, 0.717) is 6.04 Å². The molecule has 19 heavy (non-hydrogen) atoms. The molecule has 2 rings (SSSR count). The van der Waals surface area contributed by atoms with E-state index in [4.69, 9.17) is 4.74 Å². The SMILES string of the molecule is COc1cc(C)cc(C)c1NCC1CN(C)CCN1. The van der Waals surface area contributed by atoms with Crippen LogP contribution < -0.4 is 15.4 Å². The standard InChI is InChI=1S/C15H25N3O/c1-11-7-12(2)15(14(8-11)19-4)17-9-13-10-18(3)6-5-16-13/h7-8,13,16-17H,5-6,9-10H2,1-4H3. The highest BCUT2D eigenvalue weighted by molar-refractivity contribution is 5.63. The number of nitrogens with one attached hydrogen (secondary N) is 2.